The normalized spacial score (nSPS) is 16.6. The second-order valence-electron chi connectivity index (χ2n) is 5.82. The van der Waals surface area contributed by atoms with Crippen LogP contribution in [0.4, 0.5) is 0 Å². The van der Waals surface area contributed by atoms with Crippen molar-refractivity contribution in [1.29, 1.82) is 0 Å². The van der Waals surface area contributed by atoms with Crippen LogP contribution >= 0.6 is 0 Å². The Morgan fingerprint density at radius 3 is 2.43 bits per heavy atom. The molecule has 1 aliphatic rings. The number of hydrogen-bond acceptors (Lipinski definition) is 3. The van der Waals surface area contributed by atoms with E-state index in [1.54, 1.807) is 12.1 Å². The van der Waals surface area contributed by atoms with E-state index in [0.29, 0.717) is 17.9 Å². The third-order valence-corrected chi connectivity index (χ3v) is 4.20. The third-order valence-electron chi connectivity index (χ3n) is 4.20. The van der Waals surface area contributed by atoms with Gasteiger partial charge in [-0.1, -0.05) is 43.3 Å². The van der Waals surface area contributed by atoms with E-state index in [1.165, 1.54) is 7.11 Å². The standard InChI is InChI=1S/C20H18O3/c1-13-11-19(21)18-12-15(7-10-17(13)18)4-3-14-5-8-16(9-6-14)20(22)23-2/h3-10,12-13H,11H2,1-2H3. The number of hydrogen-bond donors (Lipinski definition) is 0. The topological polar surface area (TPSA) is 43.4 Å². The Morgan fingerprint density at radius 2 is 1.74 bits per heavy atom. The van der Waals surface area contributed by atoms with Crippen LogP contribution < -0.4 is 0 Å². The Hall–Kier alpha value is -2.68. The highest BCUT2D eigenvalue weighted by Crippen LogP contribution is 2.33. The fourth-order valence-electron chi connectivity index (χ4n) is 2.89. The molecule has 2 aromatic rings. The van der Waals surface area contributed by atoms with Crippen LogP contribution in [0.1, 0.15) is 56.7 Å². The molecule has 0 heterocycles. The van der Waals surface area contributed by atoms with Crippen LogP contribution in [-0.2, 0) is 4.74 Å². The molecule has 3 nitrogen and oxygen atoms in total. The zero-order valence-corrected chi connectivity index (χ0v) is 13.2. The summed E-state index contributed by atoms with van der Waals surface area (Å²) in [6, 6.07) is 13.2. The molecule has 3 heteroatoms. The summed E-state index contributed by atoms with van der Waals surface area (Å²) in [6.07, 6.45) is 4.55. The number of benzene rings is 2. The summed E-state index contributed by atoms with van der Waals surface area (Å²) < 4.78 is 4.68. The van der Waals surface area contributed by atoms with Crippen molar-refractivity contribution >= 4 is 23.9 Å². The maximum absolute atomic E-state index is 12.0. The minimum atomic E-state index is -0.341. The molecule has 0 aliphatic heterocycles. The highest BCUT2D eigenvalue weighted by atomic mass is 16.5. The summed E-state index contributed by atoms with van der Waals surface area (Å²) in [6.45, 7) is 2.09. The fraction of sp³-hybridized carbons (Fsp3) is 0.200. The van der Waals surface area contributed by atoms with Gasteiger partial charge in [0.25, 0.3) is 0 Å². The first-order valence-electron chi connectivity index (χ1n) is 7.62. The minimum absolute atomic E-state index is 0.227. The highest BCUT2D eigenvalue weighted by molar-refractivity contribution is 6.01. The van der Waals surface area contributed by atoms with Crippen molar-refractivity contribution < 1.29 is 14.3 Å². The van der Waals surface area contributed by atoms with E-state index >= 15 is 0 Å². The first kappa shape index (κ1) is 15.2. The number of carbonyl (C=O) groups is 2. The van der Waals surface area contributed by atoms with Gasteiger partial charge in [-0.2, -0.15) is 0 Å². The van der Waals surface area contributed by atoms with Crippen molar-refractivity contribution in [2.24, 2.45) is 0 Å². The van der Waals surface area contributed by atoms with Gasteiger partial charge in [0.15, 0.2) is 5.78 Å². The minimum Gasteiger partial charge on any atom is -0.465 e. The van der Waals surface area contributed by atoms with Crippen LogP contribution in [0.5, 0.6) is 0 Å². The van der Waals surface area contributed by atoms with Crippen molar-refractivity contribution in [3.05, 3.63) is 70.3 Å². The second-order valence-corrected chi connectivity index (χ2v) is 5.82. The summed E-state index contributed by atoms with van der Waals surface area (Å²) >= 11 is 0. The first-order valence-corrected chi connectivity index (χ1v) is 7.62. The van der Waals surface area contributed by atoms with Gasteiger partial charge in [-0.3, -0.25) is 4.79 Å². The Balaban J connectivity index is 1.80. The van der Waals surface area contributed by atoms with Crippen molar-refractivity contribution in [1.82, 2.24) is 0 Å². The van der Waals surface area contributed by atoms with Crippen molar-refractivity contribution in [2.75, 3.05) is 7.11 Å². The number of ether oxygens (including phenoxy) is 1. The van der Waals surface area contributed by atoms with Gasteiger partial charge in [0.05, 0.1) is 12.7 Å². The molecule has 23 heavy (non-hydrogen) atoms. The maximum Gasteiger partial charge on any atom is 0.337 e. The molecule has 0 spiro atoms. The molecular formula is C20H18O3. The Bertz CT molecular complexity index is 785. The second kappa shape index (κ2) is 6.21. The molecule has 0 aromatic heterocycles. The van der Waals surface area contributed by atoms with E-state index < -0.39 is 0 Å². The molecule has 1 aliphatic carbocycles. The lowest BCUT2D eigenvalue weighted by Gasteiger charge is -2.03. The van der Waals surface area contributed by atoms with E-state index in [-0.39, 0.29) is 11.8 Å². The number of rotatable bonds is 3. The van der Waals surface area contributed by atoms with Crippen LogP contribution in [0.25, 0.3) is 12.2 Å². The Labute approximate surface area is 135 Å². The molecule has 0 bridgehead atoms. The Kier molecular flexibility index (Phi) is 4.11. The SMILES string of the molecule is COC(=O)c1ccc(C=Cc2ccc3c(c2)C(=O)CC3C)cc1. The van der Waals surface area contributed by atoms with Crippen LogP contribution in [0.15, 0.2) is 42.5 Å². The lowest BCUT2D eigenvalue weighted by Crippen LogP contribution is -2.00. The summed E-state index contributed by atoms with van der Waals surface area (Å²) in [5.41, 5.74) is 4.51. The molecule has 0 radical (unpaired) electrons. The summed E-state index contributed by atoms with van der Waals surface area (Å²) in [4.78, 5) is 23.4. The van der Waals surface area contributed by atoms with Gasteiger partial charge in [-0.05, 0) is 40.8 Å². The van der Waals surface area contributed by atoms with E-state index in [2.05, 4.69) is 11.7 Å². The molecule has 0 saturated carbocycles. The van der Waals surface area contributed by atoms with Gasteiger partial charge >= 0.3 is 5.97 Å². The molecule has 0 saturated heterocycles. The van der Waals surface area contributed by atoms with Gasteiger partial charge in [0.1, 0.15) is 0 Å². The van der Waals surface area contributed by atoms with E-state index in [4.69, 9.17) is 0 Å². The van der Waals surface area contributed by atoms with Crippen molar-refractivity contribution in [3.63, 3.8) is 0 Å². The fourth-order valence-corrected chi connectivity index (χ4v) is 2.89. The van der Waals surface area contributed by atoms with Crippen LogP contribution in [0.3, 0.4) is 0 Å². The van der Waals surface area contributed by atoms with Crippen molar-refractivity contribution in [2.45, 2.75) is 19.3 Å². The quantitative estimate of drug-likeness (QED) is 0.626. The molecule has 116 valence electrons. The van der Waals surface area contributed by atoms with Crippen molar-refractivity contribution in [3.8, 4) is 0 Å². The number of ketones is 1. The number of methoxy groups -OCH3 is 1. The predicted octanol–water partition coefficient (Wildman–Crippen LogP) is 4.33. The summed E-state index contributed by atoms with van der Waals surface area (Å²) in [7, 11) is 1.37. The monoisotopic (exact) mass is 306 g/mol. The molecule has 1 unspecified atom stereocenters. The largest absolute Gasteiger partial charge is 0.465 e. The van der Waals surface area contributed by atoms with Crippen LogP contribution in [0.2, 0.25) is 0 Å². The van der Waals surface area contributed by atoms with Gasteiger partial charge in [0.2, 0.25) is 0 Å². The van der Waals surface area contributed by atoms with Crippen LogP contribution in [-0.4, -0.2) is 18.9 Å². The smallest absolute Gasteiger partial charge is 0.337 e. The Morgan fingerprint density at radius 1 is 1.09 bits per heavy atom. The van der Waals surface area contributed by atoms with Crippen LogP contribution in [0, 0.1) is 0 Å². The van der Waals surface area contributed by atoms with Gasteiger partial charge < -0.3 is 4.74 Å². The number of esters is 1. The number of fused-ring (bicyclic) bond motifs is 1. The molecule has 1 atom stereocenters. The third kappa shape index (κ3) is 3.09. The maximum atomic E-state index is 12.0. The van der Waals surface area contributed by atoms with Gasteiger partial charge in [0, 0.05) is 12.0 Å². The van der Waals surface area contributed by atoms with E-state index in [9.17, 15) is 9.59 Å². The molecule has 2 aromatic carbocycles. The average Bonchev–Trinajstić information content (AvgIpc) is 2.86. The number of carbonyl (C=O) groups excluding carboxylic acids is 2. The molecule has 3 rings (SSSR count). The lowest BCUT2D eigenvalue weighted by atomic mass is 10.0. The highest BCUT2D eigenvalue weighted by Gasteiger charge is 2.25. The average molecular weight is 306 g/mol. The first-order chi connectivity index (χ1) is 11.1. The molecule has 0 fully saturated rings. The zero-order chi connectivity index (χ0) is 16.4. The van der Waals surface area contributed by atoms with Gasteiger partial charge in [-0.15, -0.1) is 0 Å². The predicted molar refractivity (Wildman–Crippen MR) is 90.5 cm³/mol. The van der Waals surface area contributed by atoms with Gasteiger partial charge in [-0.25, -0.2) is 4.79 Å². The summed E-state index contributed by atoms with van der Waals surface area (Å²) in [5, 5.41) is 0. The summed E-state index contributed by atoms with van der Waals surface area (Å²) in [5.74, 6) is 0.207. The number of Topliss-reactive ketones (excluding diaryl/α,β-unsaturated/α-hetero) is 1. The van der Waals surface area contributed by atoms with E-state index in [0.717, 1.165) is 22.3 Å². The zero-order valence-electron chi connectivity index (χ0n) is 13.2. The molecule has 0 amide bonds. The molecule has 0 N–H and O–H groups in total. The van der Waals surface area contributed by atoms with E-state index in [1.807, 2.05) is 42.5 Å². The lowest BCUT2D eigenvalue weighted by molar-refractivity contribution is 0.0600. The molecular weight excluding hydrogens is 288 g/mol.